The fourth-order valence-corrected chi connectivity index (χ4v) is 0.971. The Kier molecular flexibility index (Phi) is 2.62. The maximum absolute atomic E-state index is 10.4. The number of hydrogen-bond donors (Lipinski definition) is 2. The van der Waals surface area contributed by atoms with Crippen molar-refractivity contribution in [1.29, 1.82) is 0 Å². The smallest absolute Gasteiger partial charge is 0.354 e. The first-order valence-corrected chi connectivity index (χ1v) is 3.52. The van der Waals surface area contributed by atoms with E-state index >= 15 is 0 Å². The molecular weight excluding hydrogens is 182 g/mol. The normalized spacial score (nSPS) is 9.83. The van der Waals surface area contributed by atoms with Crippen LogP contribution in [0.2, 0.25) is 5.02 Å². The van der Waals surface area contributed by atoms with E-state index in [1.54, 1.807) is 0 Å². The molecule has 0 aliphatic heterocycles. The van der Waals surface area contributed by atoms with E-state index in [9.17, 15) is 4.79 Å². The van der Waals surface area contributed by atoms with Crippen molar-refractivity contribution in [1.82, 2.24) is 4.98 Å². The number of halogens is 1. The number of pyridine rings is 1. The molecule has 12 heavy (non-hydrogen) atoms. The summed E-state index contributed by atoms with van der Waals surface area (Å²) in [7, 11) is 0. The van der Waals surface area contributed by atoms with Gasteiger partial charge in [0.2, 0.25) is 0 Å². The lowest BCUT2D eigenvalue weighted by molar-refractivity contribution is 0.0690. The Morgan fingerprint density at radius 2 is 2.25 bits per heavy atom. The summed E-state index contributed by atoms with van der Waals surface area (Å²) in [6, 6.07) is 2.64. The average molecular weight is 188 g/mol. The van der Waals surface area contributed by atoms with Crippen LogP contribution in [0.3, 0.4) is 0 Å². The van der Waals surface area contributed by atoms with Gasteiger partial charge in [0, 0.05) is 5.02 Å². The molecule has 0 unspecified atom stereocenters. The quantitative estimate of drug-likeness (QED) is 0.723. The maximum Gasteiger partial charge on any atom is 0.354 e. The van der Waals surface area contributed by atoms with Crippen LogP contribution in [0.1, 0.15) is 16.2 Å². The molecule has 1 aromatic heterocycles. The Bertz CT molecular complexity index is 314. The second-order valence-corrected chi connectivity index (χ2v) is 2.56. The predicted octanol–water partition coefficient (Wildman–Crippen LogP) is 0.925. The lowest BCUT2D eigenvalue weighted by atomic mass is 10.3. The molecule has 1 aromatic rings. The molecule has 1 rings (SSSR count). The highest BCUT2D eigenvalue weighted by atomic mass is 35.5. The molecule has 0 aromatic carbocycles. The highest BCUT2D eigenvalue weighted by Gasteiger charge is 2.06. The molecule has 0 aliphatic carbocycles. The minimum Gasteiger partial charge on any atom is -0.477 e. The molecule has 0 radical (unpaired) electrons. The predicted molar refractivity (Wildman–Crippen MR) is 42.1 cm³/mol. The van der Waals surface area contributed by atoms with E-state index in [-0.39, 0.29) is 23.0 Å². The summed E-state index contributed by atoms with van der Waals surface area (Å²) in [6.45, 7) is -0.319. The van der Waals surface area contributed by atoms with Crippen molar-refractivity contribution in [3.8, 4) is 0 Å². The van der Waals surface area contributed by atoms with Crippen LogP contribution in [0.25, 0.3) is 0 Å². The molecule has 5 heteroatoms. The van der Waals surface area contributed by atoms with Gasteiger partial charge in [-0.15, -0.1) is 0 Å². The number of aliphatic hydroxyl groups is 1. The van der Waals surface area contributed by atoms with Gasteiger partial charge < -0.3 is 10.2 Å². The molecule has 1 heterocycles. The summed E-state index contributed by atoms with van der Waals surface area (Å²) in [6.07, 6.45) is 0. The molecule has 0 saturated heterocycles. The number of aromatic nitrogens is 1. The van der Waals surface area contributed by atoms with Gasteiger partial charge >= 0.3 is 5.97 Å². The average Bonchev–Trinajstić information content (AvgIpc) is 2.03. The third-order valence-electron chi connectivity index (χ3n) is 1.22. The number of hydrogen-bond acceptors (Lipinski definition) is 3. The Morgan fingerprint density at radius 3 is 2.75 bits per heavy atom. The van der Waals surface area contributed by atoms with Crippen molar-refractivity contribution >= 4 is 17.6 Å². The van der Waals surface area contributed by atoms with Crippen molar-refractivity contribution in [3.63, 3.8) is 0 Å². The van der Waals surface area contributed by atoms with Crippen LogP contribution in [-0.2, 0) is 6.61 Å². The number of rotatable bonds is 2. The molecule has 0 atom stereocenters. The van der Waals surface area contributed by atoms with E-state index in [1.807, 2.05) is 0 Å². The van der Waals surface area contributed by atoms with Gasteiger partial charge in [0.1, 0.15) is 5.69 Å². The van der Waals surface area contributed by atoms with E-state index in [0.717, 1.165) is 0 Å². The Morgan fingerprint density at radius 1 is 1.58 bits per heavy atom. The second kappa shape index (κ2) is 3.51. The Hall–Kier alpha value is -1.13. The Labute approximate surface area is 73.4 Å². The Balaban J connectivity index is 3.15. The first-order valence-electron chi connectivity index (χ1n) is 3.14. The summed E-state index contributed by atoms with van der Waals surface area (Å²) < 4.78 is 0. The molecule has 4 nitrogen and oxygen atoms in total. The minimum atomic E-state index is -1.16. The topological polar surface area (TPSA) is 70.4 Å². The van der Waals surface area contributed by atoms with Crippen LogP contribution in [0.5, 0.6) is 0 Å². The van der Waals surface area contributed by atoms with E-state index in [1.165, 1.54) is 12.1 Å². The number of carboxylic acid groups (broad SMARTS) is 1. The van der Waals surface area contributed by atoms with Crippen molar-refractivity contribution in [2.24, 2.45) is 0 Å². The number of carbonyl (C=O) groups is 1. The van der Waals surface area contributed by atoms with Crippen LogP contribution in [0.15, 0.2) is 12.1 Å². The van der Waals surface area contributed by atoms with Crippen molar-refractivity contribution in [3.05, 3.63) is 28.5 Å². The van der Waals surface area contributed by atoms with Crippen molar-refractivity contribution < 1.29 is 15.0 Å². The van der Waals surface area contributed by atoms with Gasteiger partial charge in [-0.3, -0.25) is 0 Å². The molecule has 0 aliphatic rings. The van der Waals surface area contributed by atoms with E-state index < -0.39 is 5.97 Å². The first kappa shape index (κ1) is 8.96. The third kappa shape index (κ3) is 1.93. The highest BCUT2D eigenvalue weighted by molar-refractivity contribution is 6.30. The van der Waals surface area contributed by atoms with E-state index in [0.29, 0.717) is 0 Å². The number of carboxylic acids is 1. The number of aliphatic hydroxyl groups excluding tert-OH is 1. The zero-order valence-corrected chi connectivity index (χ0v) is 6.75. The van der Waals surface area contributed by atoms with Gasteiger partial charge in [0.15, 0.2) is 0 Å². The van der Waals surface area contributed by atoms with Crippen molar-refractivity contribution in [2.45, 2.75) is 6.61 Å². The fraction of sp³-hybridized carbons (Fsp3) is 0.143. The highest BCUT2D eigenvalue weighted by Crippen LogP contribution is 2.11. The summed E-state index contributed by atoms with van der Waals surface area (Å²) in [5.41, 5.74) is 0.0893. The monoisotopic (exact) mass is 187 g/mol. The minimum absolute atomic E-state index is 0.161. The molecule has 0 fully saturated rings. The molecular formula is C7H6ClNO3. The molecule has 2 N–H and O–H groups in total. The van der Waals surface area contributed by atoms with E-state index in [4.69, 9.17) is 21.8 Å². The summed E-state index contributed by atoms with van der Waals surface area (Å²) >= 11 is 5.56. The summed E-state index contributed by atoms with van der Waals surface area (Å²) in [5, 5.41) is 17.4. The zero-order valence-electron chi connectivity index (χ0n) is 5.99. The standard InChI is InChI=1S/C7H6ClNO3/c8-4-1-5(3-10)9-6(2-4)7(11)12/h1-2,10H,3H2,(H,11,12). The molecule has 0 amide bonds. The molecule has 0 saturated carbocycles. The first-order chi connectivity index (χ1) is 5.63. The largest absolute Gasteiger partial charge is 0.477 e. The lowest BCUT2D eigenvalue weighted by Gasteiger charge is -1.98. The SMILES string of the molecule is O=C(O)c1cc(Cl)cc(CO)n1. The van der Waals surface area contributed by atoms with Crippen LogP contribution >= 0.6 is 11.6 Å². The molecule has 0 spiro atoms. The van der Waals surface area contributed by atoms with Crippen LogP contribution in [0.4, 0.5) is 0 Å². The van der Waals surface area contributed by atoms with Crippen molar-refractivity contribution in [2.75, 3.05) is 0 Å². The fourth-order valence-electron chi connectivity index (χ4n) is 0.741. The van der Waals surface area contributed by atoms with Gasteiger partial charge in [-0.25, -0.2) is 9.78 Å². The summed E-state index contributed by atoms with van der Waals surface area (Å²) in [4.78, 5) is 14.0. The van der Waals surface area contributed by atoms with Gasteiger partial charge in [0.25, 0.3) is 0 Å². The zero-order chi connectivity index (χ0) is 9.14. The summed E-state index contributed by atoms with van der Waals surface area (Å²) in [5.74, 6) is -1.16. The van der Waals surface area contributed by atoms with Gasteiger partial charge in [-0.1, -0.05) is 11.6 Å². The third-order valence-corrected chi connectivity index (χ3v) is 1.44. The molecule has 0 bridgehead atoms. The van der Waals surface area contributed by atoms with Crippen LogP contribution in [0, 0.1) is 0 Å². The van der Waals surface area contributed by atoms with Gasteiger partial charge in [-0.05, 0) is 12.1 Å². The number of nitrogens with zero attached hydrogens (tertiary/aromatic N) is 1. The number of aromatic carboxylic acids is 1. The van der Waals surface area contributed by atoms with Gasteiger partial charge in [0.05, 0.1) is 12.3 Å². The second-order valence-electron chi connectivity index (χ2n) is 2.13. The maximum atomic E-state index is 10.4. The van der Waals surface area contributed by atoms with Gasteiger partial charge in [-0.2, -0.15) is 0 Å². The lowest BCUT2D eigenvalue weighted by Crippen LogP contribution is -2.02. The molecule has 64 valence electrons. The van der Waals surface area contributed by atoms with Crippen LogP contribution in [-0.4, -0.2) is 21.2 Å². The van der Waals surface area contributed by atoms with E-state index in [2.05, 4.69) is 4.98 Å². The van der Waals surface area contributed by atoms with Crippen LogP contribution < -0.4 is 0 Å².